The third-order valence-electron chi connectivity index (χ3n) is 3.97. The van der Waals surface area contributed by atoms with E-state index in [1.165, 1.54) is 5.56 Å². The molecule has 0 aliphatic carbocycles. The zero-order valence-corrected chi connectivity index (χ0v) is 14.2. The quantitative estimate of drug-likeness (QED) is 0.722. The first kappa shape index (κ1) is 16.9. The number of benzene rings is 2. The highest BCUT2D eigenvalue weighted by Gasteiger charge is 2.12. The Labute approximate surface area is 147 Å². The molecule has 0 spiro atoms. The second kappa shape index (κ2) is 8.26. The van der Waals surface area contributed by atoms with E-state index in [1.54, 1.807) is 19.4 Å². The zero-order valence-electron chi connectivity index (χ0n) is 14.2. The maximum Gasteiger partial charge on any atom is 0.252 e. The Bertz CT molecular complexity index is 828. The molecule has 25 heavy (non-hydrogen) atoms. The topological polar surface area (TPSA) is 56.1 Å². The second-order valence-electron chi connectivity index (χ2n) is 5.73. The van der Waals surface area contributed by atoms with E-state index in [9.17, 15) is 4.79 Å². The van der Waals surface area contributed by atoms with Gasteiger partial charge in [-0.25, -0.2) is 4.98 Å². The molecule has 2 aromatic carbocycles. The predicted molar refractivity (Wildman–Crippen MR) is 96.1 cm³/mol. The molecule has 0 atom stereocenters. The number of carbonyl (C=O) groups is 1. The van der Waals surface area contributed by atoms with E-state index in [0.717, 1.165) is 17.9 Å². The Balaban J connectivity index is 1.66. The minimum absolute atomic E-state index is 0.123. The third kappa shape index (κ3) is 4.33. The number of hydrogen-bond donors (Lipinski definition) is 1. The Morgan fingerprint density at radius 2 is 1.88 bits per heavy atom. The summed E-state index contributed by atoms with van der Waals surface area (Å²) in [5, 5.41) is 2.95. The summed E-state index contributed by atoms with van der Waals surface area (Å²) in [4.78, 5) is 16.9. The molecule has 5 nitrogen and oxygen atoms in total. The fourth-order valence-corrected chi connectivity index (χ4v) is 2.71. The maximum atomic E-state index is 12.5. The number of amides is 1. The Morgan fingerprint density at radius 3 is 2.68 bits per heavy atom. The van der Waals surface area contributed by atoms with E-state index >= 15 is 0 Å². The molecule has 0 aliphatic rings. The highest BCUT2D eigenvalue weighted by atomic mass is 16.5. The summed E-state index contributed by atoms with van der Waals surface area (Å²) < 4.78 is 7.20. The van der Waals surface area contributed by atoms with Crippen molar-refractivity contribution >= 4 is 5.91 Å². The molecule has 3 rings (SSSR count). The van der Waals surface area contributed by atoms with E-state index in [1.807, 2.05) is 47.2 Å². The Hall–Kier alpha value is -2.92. The summed E-state index contributed by atoms with van der Waals surface area (Å²) >= 11 is 0. The minimum atomic E-state index is -0.123. The monoisotopic (exact) mass is 335 g/mol. The van der Waals surface area contributed by atoms with E-state index in [-0.39, 0.29) is 5.91 Å². The lowest BCUT2D eigenvalue weighted by atomic mass is 10.1. The molecule has 0 aliphatic heterocycles. The first-order valence-corrected chi connectivity index (χ1v) is 8.17. The van der Waals surface area contributed by atoms with Crippen molar-refractivity contribution in [3.8, 4) is 0 Å². The molecule has 3 aromatic rings. The fraction of sp³-hybridized carbons (Fsp3) is 0.200. The molecule has 0 saturated carbocycles. The van der Waals surface area contributed by atoms with Crippen molar-refractivity contribution in [3.05, 3.63) is 89.5 Å². The Kier molecular flexibility index (Phi) is 5.59. The van der Waals surface area contributed by atoms with Crippen LogP contribution in [0.1, 0.15) is 27.3 Å². The van der Waals surface area contributed by atoms with E-state index in [4.69, 9.17) is 4.74 Å². The van der Waals surface area contributed by atoms with Crippen LogP contribution in [0.5, 0.6) is 0 Å². The molecule has 1 N–H and O–H groups in total. The number of aromatic nitrogens is 2. The van der Waals surface area contributed by atoms with Gasteiger partial charge in [-0.15, -0.1) is 0 Å². The lowest BCUT2D eigenvalue weighted by molar-refractivity contribution is 0.0944. The standard InChI is InChI=1S/C20H21N3O2/c1-25-15-17-9-5-6-10-18(17)20(24)22-13-19-21-11-12-23(19)14-16-7-3-2-4-8-16/h2-12H,13-15H2,1H3,(H,22,24). The number of hydrogen-bond acceptors (Lipinski definition) is 3. The van der Waals surface area contributed by atoms with Gasteiger partial charge < -0.3 is 14.6 Å². The minimum Gasteiger partial charge on any atom is -0.380 e. The molecule has 0 saturated heterocycles. The van der Waals surface area contributed by atoms with Crippen molar-refractivity contribution in [2.45, 2.75) is 19.7 Å². The molecular formula is C20H21N3O2. The molecule has 128 valence electrons. The summed E-state index contributed by atoms with van der Waals surface area (Å²) in [6.45, 7) is 1.51. The zero-order chi connectivity index (χ0) is 17.5. The van der Waals surface area contributed by atoms with Crippen LogP contribution in [0.4, 0.5) is 0 Å². The number of imidazole rings is 1. The molecule has 0 fully saturated rings. The second-order valence-corrected chi connectivity index (χ2v) is 5.73. The van der Waals surface area contributed by atoms with Crippen LogP contribution in [0.15, 0.2) is 67.0 Å². The van der Waals surface area contributed by atoms with Crippen LogP contribution >= 0.6 is 0 Å². The van der Waals surface area contributed by atoms with Crippen molar-refractivity contribution in [2.75, 3.05) is 7.11 Å². The molecule has 1 amide bonds. The van der Waals surface area contributed by atoms with Crippen molar-refractivity contribution < 1.29 is 9.53 Å². The highest BCUT2D eigenvalue weighted by Crippen LogP contribution is 2.11. The lowest BCUT2D eigenvalue weighted by Gasteiger charge is -2.11. The van der Waals surface area contributed by atoms with Gasteiger partial charge in [0, 0.05) is 31.6 Å². The number of rotatable bonds is 7. The predicted octanol–water partition coefficient (Wildman–Crippen LogP) is 3.01. The first-order chi connectivity index (χ1) is 12.3. The average Bonchev–Trinajstić information content (AvgIpc) is 3.08. The van der Waals surface area contributed by atoms with Crippen LogP contribution < -0.4 is 5.32 Å². The van der Waals surface area contributed by atoms with Crippen molar-refractivity contribution in [1.29, 1.82) is 0 Å². The van der Waals surface area contributed by atoms with Gasteiger partial charge in [0.25, 0.3) is 5.91 Å². The molecule has 0 bridgehead atoms. The largest absolute Gasteiger partial charge is 0.380 e. The number of methoxy groups -OCH3 is 1. The molecule has 0 radical (unpaired) electrons. The van der Waals surface area contributed by atoms with Gasteiger partial charge in [-0.05, 0) is 17.2 Å². The Morgan fingerprint density at radius 1 is 1.12 bits per heavy atom. The van der Waals surface area contributed by atoms with E-state index in [0.29, 0.717) is 18.7 Å². The van der Waals surface area contributed by atoms with Gasteiger partial charge in [-0.1, -0.05) is 48.5 Å². The number of ether oxygens (including phenoxy) is 1. The molecule has 1 aromatic heterocycles. The van der Waals surface area contributed by atoms with Crippen LogP contribution in [0.25, 0.3) is 0 Å². The maximum absolute atomic E-state index is 12.5. The van der Waals surface area contributed by atoms with Gasteiger partial charge in [0.1, 0.15) is 5.82 Å². The fourth-order valence-electron chi connectivity index (χ4n) is 2.71. The van der Waals surface area contributed by atoms with E-state index < -0.39 is 0 Å². The molecule has 0 unspecified atom stereocenters. The van der Waals surface area contributed by atoms with Gasteiger partial charge in [-0.3, -0.25) is 4.79 Å². The van der Waals surface area contributed by atoms with Gasteiger partial charge >= 0.3 is 0 Å². The summed E-state index contributed by atoms with van der Waals surface area (Å²) in [5.74, 6) is 0.698. The summed E-state index contributed by atoms with van der Waals surface area (Å²) in [7, 11) is 1.62. The van der Waals surface area contributed by atoms with Gasteiger partial charge in [0.15, 0.2) is 0 Å². The number of nitrogens with zero attached hydrogens (tertiary/aromatic N) is 2. The lowest BCUT2D eigenvalue weighted by Crippen LogP contribution is -2.26. The van der Waals surface area contributed by atoms with Gasteiger partial charge in [0.05, 0.1) is 13.2 Å². The van der Waals surface area contributed by atoms with Crippen molar-refractivity contribution in [3.63, 3.8) is 0 Å². The summed E-state index contributed by atoms with van der Waals surface area (Å²) in [6, 6.07) is 17.6. The molecule has 5 heteroatoms. The molecular weight excluding hydrogens is 314 g/mol. The normalized spacial score (nSPS) is 10.6. The van der Waals surface area contributed by atoms with Crippen molar-refractivity contribution in [2.24, 2.45) is 0 Å². The van der Waals surface area contributed by atoms with Crippen LogP contribution in [-0.2, 0) is 24.4 Å². The highest BCUT2D eigenvalue weighted by molar-refractivity contribution is 5.95. The smallest absolute Gasteiger partial charge is 0.252 e. The number of nitrogens with one attached hydrogen (secondary N) is 1. The summed E-state index contributed by atoms with van der Waals surface area (Å²) in [6.07, 6.45) is 3.68. The summed E-state index contributed by atoms with van der Waals surface area (Å²) in [5.41, 5.74) is 2.69. The SMILES string of the molecule is COCc1ccccc1C(=O)NCc1nccn1Cc1ccccc1. The van der Waals surface area contributed by atoms with Crippen LogP contribution in [-0.4, -0.2) is 22.6 Å². The molecule has 1 heterocycles. The van der Waals surface area contributed by atoms with Gasteiger partial charge in [-0.2, -0.15) is 0 Å². The van der Waals surface area contributed by atoms with Crippen LogP contribution in [0.2, 0.25) is 0 Å². The first-order valence-electron chi connectivity index (χ1n) is 8.17. The number of carbonyl (C=O) groups excluding carboxylic acids is 1. The van der Waals surface area contributed by atoms with Crippen LogP contribution in [0, 0.1) is 0 Å². The van der Waals surface area contributed by atoms with E-state index in [2.05, 4.69) is 22.4 Å². The van der Waals surface area contributed by atoms with Crippen molar-refractivity contribution in [1.82, 2.24) is 14.9 Å². The van der Waals surface area contributed by atoms with Crippen LogP contribution in [0.3, 0.4) is 0 Å². The average molecular weight is 335 g/mol. The van der Waals surface area contributed by atoms with Gasteiger partial charge in [0.2, 0.25) is 0 Å². The third-order valence-corrected chi connectivity index (χ3v) is 3.97.